The van der Waals surface area contributed by atoms with Gasteiger partial charge in [-0.2, -0.15) is 0 Å². The number of rotatable bonds is 9. The predicted octanol–water partition coefficient (Wildman–Crippen LogP) is 2.46. The molecule has 10 nitrogen and oxygen atoms in total. The molecule has 2 rings (SSSR count). The first-order valence-electron chi connectivity index (χ1n) is 15.2. The molecule has 0 unspecified atom stereocenters. The lowest BCUT2D eigenvalue weighted by Crippen LogP contribution is -2.59. The van der Waals surface area contributed by atoms with Crippen LogP contribution in [0.5, 0.6) is 0 Å². The predicted molar refractivity (Wildman–Crippen MR) is 163 cm³/mol. The first-order valence-corrected chi connectivity index (χ1v) is 15.2. The first kappa shape index (κ1) is 34.8. The molecule has 234 valence electrons. The summed E-state index contributed by atoms with van der Waals surface area (Å²) in [6.07, 6.45) is 1.21. The molecule has 1 heterocycles. The van der Waals surface area contributed by atoms with Crippen LogP contribution in [0.15, 0.2) is 30.3 Å². The van der Waals surface area contributed by atoms with Crippen molar-refractivity contribution in [1.29, 1.82) is 0 Å². The third kappa shape index (κ3) is 11.1. The monoisotopic (exact) mass is 585 g/mol. The van der Waals surface area contributed by atoms with E-state index in [9.17, 15) is 24.0 Å². The zero-order valence-corrected chi connectivity index (χ0v) is 26.5. The molecule has 5 atom stereocenters. The van der Waals surface area contributed by atoms with Gasteiger partial charge in [0, 0.05) is 6.42 Å². The maximum Gasteiger partial charge on any atom is 0.243 e. The Morgan fingerprint density at radius 1 is 0.500 bits per heavy atom. The number of hydrogen-bond acceptors (Lipinski definition) is 5. The summed E-state index contributed by atoms with van der Waals surface area (Å²) >= 11 is 0. The van der Waals surface area contributed by atoms with Crippen LogP contribution < -0.4 is 26.6 Å². The van der Waals surface area contributed by atoms with E-state index >= 15 is 0 Å². The van der Waals surface area contributed by atoms with Gasteiger partial charge in [-0.3, -0.25) is 24.0 Å². The first-order chi connectivity index (χ1) is 19.7. The van der Waals surface area contributed by atoms with Crippen molar-refractivity contribution < 1.29 is 24.0 Å². The largest absolute Gasteiger partial charge is 0.343 e. The molecule has 5 N–H and O–H groups in total. The highest BCUT2D eigenvalue weighted by atomic mass is 16.2. The number of nitrogens with one attached hydrogen (secondary N) is 5. The van der Waals surface area contributed by atoms with Crippen molar-refractivity contribution >= 4 is 29.5 Å². The molecule has 1 saturated heterocycles. The van der Waals surface area contributed by atoms with Crippen LogP contribution in [0.3, 0.4) is 0 Å². The lowest BCUT2D eigenvalue weighted by Gasteiger charge is -2.28. The van der Waals surface area contributed by atoms with Crippen molar-refractivity contribution in [2.75, 3.05) is 0 Å². The van der Waals surface area contributed by atoms with E-state index in [0.29, 0.717) is 19.3 Å². The van der Waals surface area contributed by atoms with Crippen LogP contribution in [0.2, 0.25) is 0 Å². The van der Waals surface area contributed by atoms with E-state index in [4.69, 9.17) is 0 Å². The van der Waals surface area contributed by atoms with Crippen LogP contribution in [0, 0.1) is 23.7 Å². The smallest absolute Gasteiger partial charge is 0.243 e. The van der Waals surface area contributed by atoms with Gasteiger partial charge in [-0.25, -0.2) is 0 Å². The Morgan fingerprint density at radius 2 is 0.857 bits per heavy atom. The normalized spacial score (nSPS) is 25.0. The molecule has 5 amide bonds. The zero-order chi connectivity index (χ0) is 31.6. The van der Waals surface area contributed by atoms with Crippen molar-refractivity contribution in [3.8, 4) is 0 Å². The van der Waals surface area contributed by atoms with Gasteiger partial charge in [-0.05, 0) is 48.5 Å². The maximum absolute atomic E-state index is 13.7. The Bertz CT molecular complexity index is 1070. The van der Waals surface area contributed by atoms with Crippen LogP contribution in [0.25, 0.3) is 0 Å². The van der Waals surface area contributed by atoms with Crippen molar-refractivity contribution in [3.05, 3.63) is 35.9 Å². The summed E-state index contributed by atoms with van der Waals surface area (Å²) in [7, 11) is 0. The average molecular weight is 586 g/mol. The van der Waals surface area contributed by atoms with E-state index in [1.807, 2.05) is 85.7 Å². The van der Waals surface area contributed by atoms with E-state index in [1.54, 1.807) is 0 Å². The summed E-state index contributed by atoms with van der Waals surface area (Å²) < 4.78 is 0. The SMILES string of the molecule is CC(C)C[C@@H]1NC(=O)[C@H](Cc2ccccc2)NC(=O)[C@H](CC(C)C)NC(=O)[C@H](C(C)C)NC(=O)[C@H](CC(C)C)NC1=O. The molecule has 1 aliphatic rings. The Hall–Kier alpha value is -3.43. The van der Waals surface area contributed by atoms with Crippen LogP contribution in [0.4, 0.5) is 0 Å². The Kier molecular flexibility index (Phi) is 13.5. The number of amides is 5. The molecule has 1 aliphatic heterocycles. The second-order valence-corrected chi connectivity index (χ2v) is 13.1. The summed E-state index contributed by atoms with van der Waals surface area (Å²) in [4.78, 5) is 68.0. The van der Waals surface area contributed by atoms with Gasteiger partial charge in [0.2, 0.25) is 29.5 Å². The van der Waals surface area contributed by atoms with Gasteiger partial charge in [-0.15, -0.1) is 0 Å². The van der Waals surface area contributed by atoms with E-state index in [-0.39, 0.29) is 30.1 Å². The lowest BCUT2D eigenvalue weighted by molar-refractivity contribution is -0.135. The fraction of sp³-hybridized carbons (Fsp3) is 0.656. The van der Waals surface area contributed by atoms with Crippen molar-refractivity contribution in [2.45, 2.75) is 111 Å². The van der Waals surface area contributed by atoms with E-state index < -0.39 is 59.7 Å². The summed E-state index contributed by atoms with van der Waals surface area (Å²) in [6.45, 7) is 15.3. The topological polar surface area (TPSA) is 146 Å². The number of hydrogen-bond donors (Lipinski definition) is 5. The highest BCUT2D eigenvalue weighted by molar-refractivity contribution is 5.98. The van der Waals surface area contributed by atoms with E-state index in [1.165, 1.54) is 0 Å². The zero-order valence-electron chi connectivity index (χ0n) is 26.5. The van der Waals surface area contributed by atoms with Crippen LogP contribution in [-0.4, -0.2) is 59.7 Å². The summed E-state index contributed by atoms with van der Waals surface area (Å²) in [5.74, 6) is -2.57. The molecular formula is C32H51N5O5. The molecule has 1 fully saturated rings. The van der Waals surface area contributed by atoms with Gasteiger partial charge >= 0.3 is 0 Å². The highest BCUT2D eigenvalue weighted by Gasteiger charge is 2.36. The highest BCUT2D eigenvalue weighted by Crippen LogP contribution is 2.14. The van der Waals surface area contributed by atoms with Gasteiger partial charge in [0.1, 0.15) is 30.2 Å². The molecule has 0 radical (unpaired) electrons. The second-order valence-electron chi connectivity index (χ2n) is 13.1. The van der Waals surface area contributed by atoms with Crippen LogP contribution >= 0.6 is 0 Å². The average Bonchev–Trinajstić information content (AvgIpc) is 2.89. The van der Waals surface area contributed by atoms with E-state index in [0.717, 1.165) is 5.56 Å². The summed E-state index contributed by atoms with van der Waals surface area (Å²) in [6, 6.07) is 4.61. The van der Waals surface area contributed by atoms with Crippen molar-refractivity contribution in [3.63, 3.8) is 0 Å². The molecule has 10 heteroatoms. The standard InChI is InChI=1S/C32H51N5O5/c1-18(2)14-23-28(38)34-25(16-20(5)6)31(41)37-27(21(7)8)32(42)36-24(15-19(3)4)29(39)35-26(30(40)33-23)17-22-12-10-9-11-13-22/h9-13,18-21,23-27H,14-17H2,1-8H3,(H,33,40)(H,34,38)(H,35,39)(H,36,42)(H,37,41)/t23-,24-,25-,26-,27-/m0/s1. The van der Waals surface area contributed by atoms with Gasteiger partial charge in [0.05, 0.1) is 0 Å². The third-order valence-electron chi connectivity index (χ3n) is 7.18. The Balaban J connectivity index is 2.59. The van der Waals surface area contributed by atoms with Crippen LogP contribution in [-0.2, 0) is 30.4 Å². The molecule has 0 aromatic heterocycles. The molecule has 0 bridgehead atoms. The van der Waals surface area contributed by atoms with Gasteiger partial charge < -0.3 is 26.6 Å². The van der Waals surface area contributed by atoms with E-state index in [2.05, 4.69) is 26.6 Å². The fourth-order valence-corrected chi connectivity index (χ4v) is 5.04. The van der Waals surface area contributed by atoms with Gasteiger partial charge in [-0.1, -0.05) is 85.7 Å². The van der Waals surface area contributed by atoms with Crippen LogP contribution in [0.1, 0.15) is 80.2 Å². The minimum Gasteiger partial charge on any atom is -0.343 e. The second kappa shape index (κ2) is 16.3. The molecule has 1 aromatic carbocycles. The Labute approximate surface area is 250 Å². The summed E-state index contributed by atoms with van der Waals surface area (Å²) in [5.41, 5.74) is 0.830. The van der Waals surface area contributed by atoms with Gasteiger partial charge in [0.15, 0.2) is 0 Å². The Morgan fingerprint density at radius 3 is 1.26 bits per heavy atom. The fourth-order valence-electron chi connectivity index (χ4n) is 5.04. The number of carbonyl (C=O) groups is 5. The molecule has 1 aromatic rings. The van der Waals surface area contributed by atoms with Crippen molar-refractivity contribution in [1.82, 2.24) is 26.6 Å². The minimum absolute atomic E-state index is 0.0595. The maximum atomic E-state index is 13.7. The summed E-state index contributed by atoms with van der Waals surface area (Å²) in [5, 5.41) is 14.2. The molecule has 0 spiro atoms. The third-order valence-corrected chi connectivity index (χ3v) is 7.18. The molecular weight excluding hydrogens is 534 g/mol. The molecule has 0 aliphatic carbocycles. The molecule has 0 saturated carbocycles. The quantitative estimate of drug-likeness (QED) is 0.302. The van der Waals surface area contributed by atoms with Gasteiger partial charge in [0.25, 0.3) is 0 Å². The molecule has 42 heavy (non-hydrogen) atoms. The number of carbonyl (C=O) groups excluding carboxylic acids is 5. The van der Waals surface area contributed by atoms with Crippen molar-refractivity contribution in [2.24, 2.45) is 23.7 Å². The number of benzene rings is 1. The minimum atomic E-state index is -0.994. The lowest BCUT2D eigenvalue weighted by atomic mass is 9.98.